The molecule has 0 bridgehead atoms. The number of fused-ring (bicyclic) bond motifs is 1. The van der Waals surface area contributed by atoms with E-state index in [0.29, 0.717) is 5.17 Å². The van der Waals surface area contributed by atoms with Crippen molar-refractivity contribution in [2.45, 2.75) is 18.2 Å². The first-order chi connectivity index (χ1) is 10.8. The first-order valence-corrected chi connectivity index (χ1v) is 10.00. The lowest BCUT2D eigenvalue weighted by atomic mass is 10.2. The molecule has 0 aromatic heterocycles. The van der Waals surface area contributed by atoms with Crippen LogP contribution in [-0.4, -0.2) is 56.4 Å². The fourth-order valence-electron chi connectivity index (χ4n) is 2.91. The molecule has 0 saturated carbocycles. The monoisotopic (exact) mass is 353 g/mol. The Bertz CT molecular complexity index is 757. The molecule has 0 N–H and O–H groups in total. The number of benzene rings is 1. The number of nitrogens with zero attached hydrogens (tertiary/aromatic N) is 3. The van der Waals surface area contributed by atoms with Gasteiger partial charge in [0, 0.05) is 37.6 Å². The molecule has 2 heterocycles. The van der Waals surface area contributed by atoms with Crippen LogP contribution in [0.5, 0.6) is 0 Å². The number of rotatable bonds is 2. The number of sulfone groups is 1. The molecule has 6 nitrogen and oxygen atoms in total. The molecule has 2 aliphatic rings. The molecule has 3 rings (SSSR count). The number of anilines is 2. The average Bonchev–Trinajstić information content (AvgIpc) is 2.89. The van der Waals surface area contributed by atoms with Gasteiger partial charge in [-0.25, -0.2) is 8.42 Å². The van der Waals surface area contributed by atoms with Crippen molar-refractivity contribution >= 4 is 44.0 Å². The highest BCUT2D eigenvalue weighted by Crippen LogP contribution is 2.41. The van der Waals surface area contributed by atoms with Crippen LogP contribution in [0.1, 0.15) is 6.92 Å². The predicted molar refractivity (Wildman–Crippen MR) is 95.2 cm³/mol. The second-order valence-corrected chi connectivity index (χ2v) is 9.35. The van der Waals surface area contributed by atoms with Gasteiger partial charge < -0.3 is 9.80 Å². The summed E-state index contributed by atoms with van der Waals surface area (Å²) in [4.78, 5) is 19.4. The lowest BCUT2D eigenvalue weighted by molar-refractivity contribution is -0.115. The van der Waals surface area contributed by atoms with Crippen LogP contribution in [0.25, 0.3) is 0 Å². The minimum absolute atomic E-state index is 0.0633. The zero-order chi connectivity index (χ0) is 16.8. The Balaban J connectivity index is 1.99. The first-order valence-electron chi connectivity index (χ1n) is 7.30. The van der Waals surface area contributed by atoms with Gasteiger partial charge in [-0.2, -0.15) is 4.99 Å². The van der Waals surface area contributed by atoms with Crippen molar-refractivity contribution in [3.05, 3.63) is 24.3 Å². The summed E-state index contributed by atoms with van der Waals surface area (Å²) in [6.45, 7) is 1.41. The van der Waals surface area contributed by atoms with Gasteiger partial charge in [-0.15, -0.1) is 0 Å². The van der Waals surface area contributed by atoms with Crippen molar-refractivity contribution in [1.82, 2.24) is 0 Å². The minimum atomic E-state index is -3.03. The molecule has 2 atom stereocenters. The van der Waals surface area contributed by atoms with Crippen LogP contribution in [0.2, 0.25) is 0 Å². The Morgan fingerprint density at radius 1 is 1.26 bits per heavy atom. The van der Waals surface area contributed by atoms with E-state index in [4.69, 9.17) is 0 Å². The smallest absolute Gasteiger partial charge is 0.244 e. The van der Waals surface area contributed by atoms with Crippen LogP contribution in [0.15, 0.2) is 29.3 Å². The third-order valence-corrected chi connectivity index (χ3v) is 7.17. The van der Waals surface area contributed by atoms with Gasteiger partial charge in [-0.1, -0.05) is 11.8 Å². The second kappa shape index (κ2) is 5.83. The SMILES string of the molecule is CC(=O)N=C1SC2CS(=O)(=O)CC2N1c1ccc(N(C)C)cc1. The molecular formula is C15H19N3O3S2. The standard InChI is InChI=1S/C15H19N3O3S2/c1-10(19)16-15-18(12-6-4-11(5-7-12)17(2)3)13-8-23(20,21)9-14(13)22-15/h4-7,13-14H,8-9H2,1-3H3. The van der Waals surface area contributed by atoms with Gasteiger partial charge in [-0.05, 0) is 24.3 Å². The van der Waals surface area contributed by atoms with E-state index in [1.807, 2.05) is 48.2 Å². The number of amidine groups is 1. The van der Waals surface area contributed by atoms with E-state index < -0.39 is 9.84 Å². The number of thioether (sulfide) groups is 1. The van der Waals surface area contributed by atoms with Crippen LogP contribution in [0.3, 0.4) is 0 Å². The van der Waals surface area contributed by atoms with E-state index >= 15 is 0 Å². The minimum Gasteiger partial charge on any atom is -0.378 e. The largest absolute Gasteiger partial charge is 0.378 e. The van der Waals surface area contributed by atoms with Gasteiger partial charge in [0.2, 0.25) is 5.91 Å². The molecule has 8 heteroatoms. The molecule has 2 saturated heterocycles. The fourth-order valence-corrected chi connectivity index (χ4v) is 6.87. The van der Waals surface area contributed by atoms with Gasteiger partial charge in [0.05, 0.1) is 17.5 Å². The summed E-state index contributed by atoms with van der Waals surface area (Å²) in [5.74, 6) is -0.0204. The molecule has 1 aromatic carbocycles. The summed E-state index contributed by atoms with van der Waals surface area (Å²) >= 11 is 1.39. The van der Waals surface area contributed by atoms with Crippen LogP contribution < -0.4 is 9.80 Å². The van der Waals surface area contributed by atoms with Crippen LogP contribution >= 0.6 is 11.8 Å². The quantitative estimate of drug-likeness (QED) is 0.800. The number of hydrogen-bond donors (Lipinski definition) is 0. The third-order valence-electron chi connectivity index (χ3n) is 3.96. The maximum Gasteiger partial charge on any atom is 0.244 e. The number of hydrogen-bond acceptors (Lipinski definition) is 5. The molecule has 124 valence electrons. The maximum atomic E-state index is 11.9. The van der Waals surface area contributed by atoms with Crippen molar-refractivity contribution in [3.8, 4) is 0 Å². The molecule has 1 amide bonds. The van der Waals surface area contributed by atoms with Crippen molar-refractivity contribution in [2.24, 2.45) is 4.99 Å². The summed E-state index contributed by atoms with van der Waals surface area (Å²) in [7, 11) is 0.892. The molecule has 0 spiro atoms. The van der Waals surface area contributed by atoms with Gasteiger partial charge in [0.25, 0.3) is 0 Å². The highest BCUT2D eigenvalue weighted by atomic mass is 32.2. The topological polar surface area (TPSA) is 70.0 Å². The normalized spacial score (nSPS) is 27.3. The lowest BCUT2D eigenvalue weighted by Gasteiger charge is -2.25. The highest BCUT2D eigenvalue weighted by molar-refractivity contribution is 8.16. The van der Waals surface area contributed by atoms with Gasteiger partial charge in [0.15, 0.2) is 15.0 Å². The Morgan fingerprint density at radius 2 is 1.91 bits per heavy atom. The van der Waals surface area contributed by atoms with Crippen molar-refractivity contribution in [2.75, 3.05) is 35.4 Å². The van der Waals surface area contributed by atoms with E-state index in [1.165, 1.54) is 18.7 Å². The van der Waals surface area contributed by atoms with E-state index in [1.54, 1.807) is 0 Å². The van der Waals surface area contributed by atoms with Crippen LogP contribution in [0.4, 0.5) is 11.4 Å². The molecule has 1 aromatic rings. The fraction of sp³-hybridized carbons (Fsp3) is 0.467. The molecule has 0 aliphatic carbocycles. The van der Waals surface area contributed by atoms with E-state index in [2.05, 4.69) is 4.99 Å². The summed E-state index contributed by atoms with van der Waals surface area (Å²) in [6, 6.07) is 7.68. The van der Waals surface area contributed by atoms with E-state index in [9.17, 15) is 13.2 Å². The summed E-state index contributed by atoms with van der Waals surface area (Å²) < 4.78 is 23.9. The van der Waals surface area contributed by atoms with Gasteiger partial charge in [-0.3, -0.25) is 4.79 Å². The average molecular weight is 353 g/mol. The summed E-state index contributed by atoms with van der Waals surface area (Å²) in [5.41, 5.74) is 1.92. The number of aliphatic imine (C=N–C) groups is 1. The summed E-state index contributed by atoms with van der Waals surface area (Å²) in [6.07, 6.45) is 0. The van der Waals surface area contributed by atoms with Crippen LogP contribution in [0, 0.1) is 0 Å². The Labute approximate surface area is 140 Å². The highest BCUT2D eigenvalue weighted by Gasteiger charge is 2.49. The molecule has 0 radical (unpaired) electrons. The second-order valence-electron chi connectivity index (χ2n) is 5.99. The van der Waals surface area contributed by atoms with Crippen LogP contribution in [-0.2, 0) is 14.6 Å². The number of amides is 1. The zero-order valence-electron chi connectivity index (χ0n) is 13.3. The molecule has 23 heavy (non-hydrogen) atoms. The Morgan fingerprint density at radius 3 is 2.48 bits per heavy atom. The molecule has 2 unspecified atom stereocenters. The Kier molecular flexibility index (Phi) is 4.14. The van der Waals surface area contributed by atoms with E-state index in [-0.39, 0.29) is 28.7 Å². The number of carbonyl (C=O) groups excluding carboxylic acids is 1. The zero-order valence-corrected chi connectivity index (χ0v) is 14.9. The van der Waals surface area contributed by atoms with Gasteiger partial charge >= 0.3 is 0 Å². The van der Waals surface area contributed by atoms with Gasteiger partial charge in [0.1, 0.15) is 0 Å². The summed E-state index contributed by atoms with van der Waals surface area (Å²) in [5, 5.41) is 0.534. The molecular weight excluding hydrogens is 334 g/mol. The van der Waals surface area contributed by atoms with Crippen molar-refractivity contribution < 1.29 is 13.2 Å². The lowest BCUT2D eigenvalue weighted by Crippen LogP contribution is -2.37. The molecule has 2 aliphatic heterocycles. The molecule has 2 fully saturated rings. The Hall–Kier alpha value is -1.54. The van der Waals surface area contributed by atoms with E-state index in [0.717, 1.165) is 11.4 Å². The van der Waals surface area contributed by atoms with Crippen molar-refractivity contribution in [1.29, 1.82) is 0 Å². The number of carbonyl (C=O) groups is 1. The predicted octanol–water partition coefficient (Wildman–Crippen LogP) is 1.37. The third kappa shape index (κ3) is 3.23. The first kappa shape index (κ1) is 16.3. The maximum absolute atomic E-state index is 11.9. The van der Waals surface area contributed by atoms with Crippen molar-refractivity contribution in [3.63, 3.8) is 0 Å².